The molecular formula is C14H20N4O3S. The molecule has 0 bridgehead atoms. The molecule has 120 valence electrons. The van der Waals surface area contributed by atoms with E-state index >= 15 is 0 Å². The van der Waals surface area contributed by atoms with E-state index in [1.807, 2.05) is 6.92 Å². The average molecular weight is 324 g/mol. The minimum atomic E-state index is -0.856. The molecule has 7 nitrogen and oxygen atoms in total. The maximum atomic E-state index is 12.0. The molecule has 1 N–H and O–H groups in total. The van der Waals surface area contributed by atoms with Crippen molar-refractivity contribution in [2.45, 2.75) is 38.3 Å². The molecule has 0 radical (unpaired) electrons. The molecule has 0 aromatic carbocycles. The lowest BCUT2D eigenvalue weighted by Crippen LogP contribution is -2.55. The van der Waals surface area contributed by atoms with Gasteiger partial charge in [-0.25, -0.2) is 0 Å². The molecule has 3 rings (SSSR count). The monoisotopic (exact) mass is 324 g/mol. The second-order valence-electron chi connectivity index (χ2n) is 6.14. The Hall–Kier alpha value is -1.54. The number of carboxylic acid groups (broad SMARTS) is 1. The summed E-state index contributed by atoms with van der Waals surface area (Å²) in [5.41, 5.74) is -0.517. The Morgan fingerprint density at radius 1 is 1.41 bits per heavy atom. The SMILES string of the molecule is Cc1nnc(CN2CCC3(CC2)[C@@H](C(=O)O)CC(=O)N3C)s1. The standard InChI is InChI=1S/C14H20N4O3S/c1-9-15-16-11(22-9)8-18-5-3-14(4-6-18)10(13(20)21)7-12(19)17(14)2/h10H,3-8H2,1-2H3,(H,20,21)/t10-/m1/s1. The molecule has 0 aliphatic carbocycles. The van der Waals surface area contributed by atoms with Crippen molar-refractivity contribution in [3.63, 3.8) is 0 Å². The van der Waals surface area contributed by atoms with Crippen LogP contribution < -0.4 is 0 Å². The predicted molar refractivity (Wildman–Crippen MR) is 80.4 cm³/mol. The van der Waals surface area contributed by atoms with Crippen molar-refractivity contribution in [2.24, 2.45) is 5.92 Å². The zero-order chi connectivity index (χ0) is 15.9. The number of likely N-dealkylation sites (tertiary alicyclic amines) is 2. The summed E-state index contributed by atoms with van der Waals surface area (Å²) in [6.07, 6.45) is 1.52. The Balaban J connectivity index is 1.69. The minimum absolute atomic E-state index is 0.0550. The van der Waals surface area contributed by atoms with Gasteiger partial charge >= 0.3 is 5.97 Å². The molecule has 0 unspecified atom stereocenters. The molecule has 0 saturated carbocycles. The van der Waals surface area contributed by atoms with Crippen LogP contribution in [0, 0.1) is 12.8 Å². The quantitative estimate of drug-likeness (QED) is 0.883. The number of hydrogen-bond donors (Lipinski definition) is 1. The highest BCUT2D eigenvalue weighted by atomic mass is 32.1. The molecule has 8 heteroatoms. The molecule has 3 heterocycles. The molecule has 1 spiro atoms. The first-order valence-corrected chi connectivity index (χ1v) is 8.25. The first kappa shape index (κ1) is 15.4. The molecule has 2 aliphatic rings. The van der Waals surface area contributed by atoms with Crippen LogP contribution in [0.25, 0.3) is 0 Å². The molecular weight excluding hydrogens is 304 g/mol. The number of rotatable bonds is 3. The molecule has 1 atom stereocenters. The summed E-state index contributed by atoms with van der Waals surface area (Å²) in [5.74, 6) is -1.50. The third-order valence-corrected chi connectivity index (χ3v) is 5.84. The Kier molecular flexibility index (Phi) is 3.90. The van der Waals surface area contributed by atoms with Gasteiger partial charge in [-0.2, -0.15) is 0 Å². The van der Waals surface area contributed by atoms with E-state index < -0.39 is 17.4 Å². The largest absolute Gasteiger partial charge is 0.481 e. The van der Waals surface area contributed by atoms with Gasteiger partial charge in [0.25, 0.3) is 0 Å². The molecule has 1 aromatic rings. The fourth-order valence-corrected chi connectivity index (χ4v) is 4.43. The number of carbonyl (C=O) groups excluding carboxylic acids is 1. The van der Waals surface area contributed by atoms with Gasteiger partial charge in [-0.1, -0.05) is 0 Å². The number of carbonyl (C=O) groups is 2. The van der Waals surface area contributed by atoms with E-state index in [0.29, 0.717) is 12.8 Å². The summed E-state index contributed by atoms with van der Waals surface area (Å²) in [6, 6.07) is 0. The van der Waals surface area contributed by atoms with E-state index in [9.17, 15) is 14.7 Å². The van der Waals surface area contributed by atoms with E-state index in [0.717, 1.165) is 29.6 Å². The van der Waals surface area contributed by atoms with Gasteiger partial charge in [0, 0.05) is 26.6 Å². The highest BCUT2D eigenvalue weighted by molar-refractivity contribution is 7.11. The van der Waals surface area contributed by atoms with Crippen molar-refractivity contribution in [2.75, 3.05) is 20.1 Å². The van der Waals surface area contributed by atoms with Gasteiger partial charge < -0.3 is 10.0 Å². The van der Waals surface area contributed by atoms with Crippen molar-refractivity contribution in [3.05, 3.63) is 10.0 Å². The van der Waals surface area contributed by atoms with Gasteiger partial charge in [-0.15, -0.1) is 21.5 Å². The molecule has 2 saturated heterocycles. The lowest BCUT2D eigenvalue weighted by Gasteiger charge is -2.45. The van der Waals surface area contributed by atoms with Crippen LogP contribution in [0.2, 0.25) is 0 Å². The number of aromatic nitrogens is 2. The third kappa shape index (κ3) is 2.50. The molecule has 1 aromatic heterocycles. The maximum Gasteiger partial charge on any atom is 0.309 e. The van der Waals surface area contributed by atoms with Crippen LogP contribution >= 0.6 is 11.3 Å². The van der Waals surface area contributed by atoms with Crippen LogP contribution in [-0.4, -0.2) is 62.7 Å². The van der Waals surface area contributed by atoms with Crippen molar-refractivity contribution >= 4 is 23.2 Å². The van der Waals surface area contributed by atoms with Crippen molar-refractivity contribution in [1.82, 2.24) is 20.0 Å². The normalized spacial score (nSPS) is 25.1. The minimum Gasteiger partial charge on any atom is -0.481 e. The smallest absolute Gasteiger partial charge is 0.309 e. The fraction of sp³-hybridized carbons (Fsp3) is 0.714. The topological polar surface area (TPSA) is 86.6 Å². The fourth-order valence-electron chi connectivity index (χ4n) is 3.68. The molecule has 22 heavy (non-hydrogen) atoms. The number of carboxylic acids is 1. The predicted octanol–water partition coefficient (Wildman–Crippen LogP) is 0.744. The summed E-state index contributed by atoms with van der Waals surface area (Å²) in [6.45, 7) is 4.24. The summed E-state index contributed by atoms with van der Waals surface area (Å²) in [7, 11) is 1.75. The van der Waals surface area contributed by atoms with Crippen LogP contribution in [0.5, 0.6) is 0 Å². The van der Waals surface area contributed by atoms with Crippen LogP contribution in [0.1, 0.15) is 29.3 Å². The van der Waals surface area contributed by atoms with Crippen LogP contribution in [-0.2, 0) is 16.1 Å². The number of amides is 1. The molecule has 2 aliphatic heterocycles. The van der Waals surface area contributed by atoms with E-state index in [1.165, 1.54) is 0 Å². The number of piperidine rings is 1. The second-order valence-corrected chi connectivity index (χ2v) is 7.41. The van der Waals surface area contributed by atoms with E-state index in [2.05, 4.69) is 15.1 Å². The first-order valence-electron chi connectivity index (χ1n) is 7.43. The highest BCUT2D eigenvalue weighted by Gasteiger charge is 2.55. The van der Waals surface area contributed by atoms with Gasteiger partial charge in [-0.05, 0) is 19.8 Å². The third-order valence-electron chi connectivity index (χ3n) is 5.02. The summed E-state index contributed by atoms with van der Waals surface area (Å²) >= 11 is 1.59. The van der Waals surface area contributed by atoms with Crippen molar-refractivity contribution < 1.29 is 14.7 Å². The average Bonchev–Trinajstić information content (AvgIpc) is 2.99. The zero-order valence-electron chi connectivity index (χ0n) is 12.8. The Morgan fingerprint density at radius 3 is 2.64 bits per heavy atom. The second kappa shape index (κ2) is 5.58. The molecule has 1 amide bonds. The Labute approximate surface area is 132 Å². The zero-order valence-corrected chi connectivity index (χ0v) is 13.6. The van der Waals surface area contributed by atoms with Crippen molar-refractivity contribution in [1.29, 1.82) is 0 Å². The van der Waals surface area contributed by atoms with Crippen LogP contribution in [0.15, 0.2) is 0 Å². The maximum absolute atomic E-state index is 12.0. The Morgan fingerprint density at radius 2 is 2.09 bits per heavy atom. The van der Waals surface area contributed by atoms with Gasteiger partial charge in [0.2, 0.25) is 5.91 Å². The number of aliphatic carboxylic acids is 1. The van der Waals surface area contributed by atoms with E-state index in [-0.39, 0.29) is 12.3 Å². The lowest BCUT2D eigenvalue weighted by atomic mass is 9.77. The van der Waals surface area contributed by atoms with Gasteiger partial charge in [0.05, 0.1) is 18.0 Å². The summed E-state index contributed by atoms with van der Waals surface area (Å²) in [4.78, 5) is 27.4. The number of aryl methyl sites for hydroxylation is 1. The van der Waals surface area contributed by atoms with Gasteiger partial charge in [0.1, 0.15) is 10.0 Å². The summed E-state index contributed by atoms with van der Waals surface area (Å²) < 4.78 is 0. The van der Waals surface area contributed by atoms with Crippen LogP contribution in [0.4, 0.5) is 0 Å². The van der Waals surface area contributed by atoms with Gasteiger partial charge in [0.15, 0.2) is 0 Å². The summed E-state index contributed by atoms with van der Waals surface area (Å²) in [5, 5.41) is 19.6. The Bertz CT molecular complexity index is 595. The van der Waals surface area contributed by atoms with Crippen LogP contribution in [0.3, 0.4) is 0 Å². The number of nitrogens with zero attached hydrogens (tertiary/aromatic N) is 4. The highest BCUT2D eigenvalue weighted by Crippen LogP contribution is 2.43. The lowest BCUT2D eigenvalue weighted by molar-refractivity contribution is -0.146. The number of hydrogen-bond acceptors (Lipinski definition) is 6. The van der Waals surface area contributed by atoms with Gasteiger partial charge in [-0.3, -0.25) is 14.5 Å². The molecule has 2 fully saturated rings. The van der Waals surface area contributed by atoms with E-state index in [1.54, 1.807) is 23.3 Å². The first-order chi connectivity index (χ1) is 10.4. The van der Waals surface area contributed by atoms with E-state index in [4.69, 9.17) is 0 Å². The van der Waals surface area contributed by atoms with Crippen molar-refractivity contribution in [3.8, 4) is 0 Å².